The largest absolute Gasteiger partial charge is 0.364 e. The van der Waals surface area contributed by atoms with Crippen LogP contribution in [-0.2, 0) is 0 Å². The van der Waals surface area contributed by atoms with E-state index in [1.54, 1.807) is 0 Å². The van der Waals surface area contributed by atoms with Crippen molar-refractivity contribution in [2.45, 2.75) is 6.04 Å². The van der Waals surface area contributed by atoms with Gasteiger partial charge in [0.05, 0.1) is 0 Å². The lowest BCUT2D eigenvalue weighted by atomic mass is 10.2. The lowest BCUT2D eigenvalue weighted by Crippen LogP contribution is -2.38. The summed E-state index contributed by atoms with van der Waals surface area (Å²) in [5.41, 5.74) is 0. The average molecular weight is 206 g/mol. The molecule has 0 saturated carbocycles. The zero-order valence-corrected chi connectivity index (χ0v) is 9.34. The predicted molar refractivity (Wildman–Crippen MR) is 62.0 cm³/mol. The predicted octanol–water partition coefficient (Wildman–Crippen LogP) is -0.313. The second kappa shape index (κ2) is 3.45. The number of hydrogen-bond acceptors (Lipinski definition) is 6. The summed E-state index contributed by atoms with van der Waals surface area (Å²) in [4.78, 5) is 20.9. The molecular weight excluding hydrogens is 192 g/mol. The summed E-state index contributed by atoms with van der Waals surface area (Å²) in [7, 11) is 7.71. The van der Waals surface area contributed by atoms with Gasteiger partial charge in [-0.25, -0.2) is 15.0 Å². The quantitative estimate of drug-likeness (QED) is 0.545. The Morgan fingerprint density at radius 2 is 1.87 bits per heavy atom. The normalized spacial score (nSPS) is 22.9. The molecule has 15 heavy (non-hydrogen) atoms. The summed E-state index contributed by atoms with van der Waals surface area (Å²) < 4.78 is 0. The number of likely N-dealkylation sites (N-methyl/N-ethyl adjacent to an activating group) is 1. The highest BCUT2D eigenvalue weighted by atomic mass is 15.3. The Kier molecular flexibility index (Phi) is 2.26. The molecule has 80 valence electrons. The maximum atomic E-state index is 4.46. The van der Waals surface area contributed by atoms with Gasteiger partial charge in [-0.05, 0) is 0 Å². The first-order valence-electron chi connectivity index (χ1n) is 4.71. The third-order valence-electron chi connectivity index (χ3n) is 2.19. The first-order valence-corrected chi connectivity index (χ1v) is 4.71. The second-order valence-electron chi connectivity index (χ2n) is 3.82. The van der Waals surface area contributed by atoms with E-state index in [1.165, 1.54) is 6.34 Å². The van der Waals surface area contributed by atoms with Crippen LogP contribution >= 0.6 is 0 Å². The lowest BCUT2D eigenvalue weighted by molar-refractivity contribution is 0.597. The molecule has 0 amide bonds. The molecule has 2 aliphatic rings. The van der Waals surface area contributed by atoms with Crippen molar-refractivity contribution in [1.82, 2.24) is 9.80 Å². The summed E-state index contributed by atoms with van der Waals surface area (Å²) in [6.45, 7) is 0. The molecule has 0 aromatic heterocycles. The minimum absolute atomic E-state index is 0.137. The molecule has 2 rings (SSSR count). The smallest absolute Gasteiger partial charge is 0.223 e. The van der Waals surface area contributed by atoms with Gasteiger partial charge in [0.25, 0.3) is 0 Å². The van der Waals surface area contributed by atoms with Crippen LogP contribution in [0.2, 0.25) is 0 Å². The van der Waals surface area contributed by atoms with Crippen molar-refractivity contribution in [3.05, 3.63) is 0 Å². The monoisotopic (exact) mass is 206 g/mol. The van der Waals surface area contributed by atoms with Crippen LogP contribution in [0.25, 0.3) is 0 Å². The van der Waals surface area contributed by atoms with Gasteiger partial charge < -0.3 is 9.80 Å². The van der Waals surface area contributed by atoms with Crippen LogP contribution in [0.1, 0.15) is 0 Å². The molecule has 0 N–H and O–H groups in total. The van der Waals surface area contributed by atoms with Gasteiger partial charge in [0, 0.05) is 28.2 Å². The van der Waals surface area contributed by atoms with Crippen LogP contribution in [0.15, 0.2) is 20.0 Å². The molecule has 0 bridgehead atoms. The number of nitrogens with zero attached hydrogens (tertiary/aromatic N) is 6. The SMILES string of the molecule is CN(C)C1=NC2C(=N1)N=CN=C2N(C)C. The van der Waals surface area contributed by atoms with Gasteiger partial charge in [-0.1, -0.05) is 0 Å². The topological polar surface area (TPSA) is 55.9 Å². The minimum Gasteiger partial charge on any atom is -0.364 e. The van der Waals surface area contributed by atoms with Gasteiger partial charge in [-0.3, -0.25) is 0 Å². The average Bonchev–Trinajstić information content (AvgIpc) is 2.60. The molecular formula is C9H14N6. The Hall–Kier alpha value is -1.72. The molecule has 2 heterocycles. The standard InChI is InChI=1S/C9H14N6/c1-14(2)8-6-7(10-5-11-8)13-9(12-6)15(3)4/h5-6H,1-4H3. The van der Waals surface area contributed by atoms with Crippen LogP contribution in [-0.4, -0.2) is 68.0 Å². The summed E-state index contributed by atoms with van der Waals surface area (Å²) in [6.07, 6.45) is 1.53. The van der Waals surface area contributed by atoms with Gasteiger partial charge in [-0.2, -0.15) is 4.99 Å². The fourth-order valence-electron chi connectivity index (χ4n) is 1.43. The van der Waals surface area contributed by atoms with E-state index >= 15 is 0 Å². The van der Waals surface area contributed by atoms with Crippen molar-refractivity contribution in [3.63, 3.8) is 0 Å². The zero-order chi connectivity index (χ0) is 11.0. The van der Waals surface area contributed by atoms with E-state index in [1.807, 2.05) is 38.0 Å². The van der Waals surface area contributed by atoms with E-state index in [4.69, 9.17) is 0 Å². The first-order chi connectivity index (χ1) is 7.09. The van der Waals surface area contributed by atoms with Gasteiger partial charge in [0.15, 0.2) is 11.9 Å². The number of amidine groups is 2. The van der Waals surface area contributed by atoms with E-state index in [0.29, 0.717) is 5.96 Å². The van der Waals surface area contributed by atoms with Crippen molar-refractivity contribution >= 4 is 24.0 Å². The third-order valence-corrected chi connectivity index (χ3v) is 2.19. The fourth-order valence-corrected chi connectivity index (χ4v) is 1.43. The number of hydrogen-bond donors (Lipinski definition) is 0. The molecule has 1 unspecified atom stereocenters. The maximum Gasteiger partial charge on any atom is 0.223 e. The van der Waals surface area contributed by atoms with Crippen LogP contribution in [0, 0.1) is 0 Å². The van der Waals surface area contributed by atoms with Crippen molar-refractivity contribution in [3.8, 4) is 0 Å². The molecule has 6 heteroatoms. The van der Waals surface area contributed by atoms with E-state index < -0.39 is 0 Å². The molecule has 0 spiro atoms. The van der Waals surface area contributed by atoms with E-state index in [9.17, 15) is 0 Å². The number of rotatable bonds is 0. The second-order valence-corrected chi connectivity index (χ2v) is 3.82. The first kappa shape index (κ1) is 9.82. The van der Waals surface area contributed by atoms with Crippen LogP contribution in [0.4, 0.5) is 0 Å². The molecule has 6 nitrogen and oxygen atoms in total. The van der Waals surface area contributed by atoms with E-state index in [-0.39, 0.29) is 6.04 Å². The lowest BCUT2D eigenvalue weighted by Gasteiger charge is -2.20. The van der Waals surface area contributed by atoms with Crippen LogP contribution in [0.3, 0.4) is 0 Å². The summed E-state index contributed by atoms with van der Waals surface area (Å²) in [6, 6.07) is -0.137. The highest BCUT2D eigenvalue weighted by Gasteiger charge is 2.31. The minimum atomic E-state index is -0.137. The Morgan fingerprint density at radius 3 is 2.47 bits per heavy atom. The third kappa shape index (κ3) is 1.62. The molecule has 0 fully saturated rings. The van der Waals surface area contributed by atoms with Crippen LogP contribution < -0.4 is 0 Å². The van der Waals surface area contributed by atoms with Crippen molar-refractivity contribution in [2.75, 3.05) is 28.2 Å². The van der Waals surface area contributed by atoms with Crippen molar-refractivity contribution in [1.29, 1.82) is 0 Å². The summed E-state index contributed by atoms with van der Waals surface area (Å²) >= 11 is 0. The molecule has 0 aromatic carbocycles. The highest BCUT2D eigenvalue weighted by molar-refractivity contribution is 6.21. The molecule has 0 saturated heterocycles. The Morgan fingerprint density at radius 1 is 1.13 bits per heavy atom. The van der Waals surface area contributed by atoms with Gasteiger partial charge >= 0.3 is 0 Å². The molecule has 0 radical (unpaired) electrons. The molecule has 2 aliphatic heterocycles. The molecule has 1 atom stereocenters. The van der Waals surface area contributed by atoms with E-state index in [2.05, 4.69) is 20.0 Å². The number of guanidine groups is 1. The summed E-state index contributed by atoms with van der Waals surface area (Å²) in [5, 5.41) is 0. The van der Waals surface area contributed by atoms with Gasteiger partial charge in [0.1, 0.15) is 12.2 Å². The Bertz CT molecular complexity index is 387. The highest BCUT2D eigenvalue weighted by Crippen LogP contribution is 2.14. The number of aliphatic imine (C=N–C) groups is 4. The Labute approximate surface area is 88.7 Å². The van der Waals surface area contributed by atoms with E-state index in [0.717, 1.165) is 11.7 Å². The molecule has 0 aliphatic carbocycles. The van der Waals surface area contributed by atoms with Crippen molar-refractivity contribution in [2.24, 2.45) is 20.0 Å². The molecule has 0 aromatic rings. The van der Waals surface area contributed by atoms with Crippen LogP contribution in [0.5, 0.6) is 0 Å². The van der Waals surface area contributed by atoms with Gasteiger partial charge in [0.2, 0.25) is 5.96 Å². The van der Waals surface area contributed by atoms with Crippen molar-refractivity contribution < 1.29 is 0 Å². The maximum absolute atomic E-state index is 4.46. The summed E-state index contributed by atoms with van der Waals surface area (Å²) in [5.74, 6) is 2.29. The number of fused-ring (bicyclic) bond motifs is 1. The zero-order valence-electron chi connectivity index (χ0n) is 9.34. The van der Waals surface area contributed by atoms with Gasteiger partial charge in [-0.15, -0.1) is 0 Å². The Balaban J connectivity index is 2.33. The fraction of sp³-hybridized carbons (Fsp3) is 0.556.